The number of rotatable bonds is 6. The molecule has 0 atom stereocenters. The van der Waals surface area contributed by atoms with E-state index in [-0.39, 0.29) is 12.5 Å². The highest BCUT2D eigenvalue weighted by atomic mass is 79.9. The molecular formula is C16H17BrN4O2. The van der Waals surface area contributed by atoms with Crippen LogP contribution in [-0.4, -0.2) is 29.9 Å². The molecule has 3 N–H and O–H groups in total. The summed E-state index contributed by atoms with van der Waals surface area (Å²) in [6.45, 7) is 2.74. The van der Waals surface area contributed by atoms with E-state index in [1.165, 1.54) is 0 Å². The third kappa shape index (κ3) is 5.46. The first kappa shape index (κ1) is 17.1. The lowest BCUT2D eigenvalue weighted by molar-refractivity contribution is 0.102. The summed E-state index contributed by atoms with van der Waals surface area (Å²) in [6.07, 6.45) is 1.57. The highest BCUT2D eigenvalue weighted by molar-refractivity contribution is 9.10. The number of nitrogens with one attached hydrogen (secondary N) is 1. The second kappa shape index (κ2) is 8.40. The number of amidine groups is 1. The molecule has 2 aromatic rings. The quantitative estimate of drug-likeness (QED) is 0.598. The van der Waals surface area contributed by atoms with Crippen molar-refractivity contribution in [3.8, 4) is 0 Å². The van der Waals surface area contributed by atoms with Crippen LogP contribution in [0.25, 0.3) is 0 Å². The molecule has 0 saturated carbocycles. The van der Waals surface area contributed by atoms with Gasteiger partial charge in [-0.05, 0) is 53.2 Å². The van der Waals surface area contributed by atoms with Crippen LogP contribution in [0, 0.1) is 0 Å². The van der Waals surface area contributed by atoms with Gasteiger partial charge in [-0.2, -0.15) is 0 Å². The number of nitrogens with two attached hydrogens (primary N) is 1. The van der Waals surface area contributed by atoms with Crippen LogP contribution < -0.4 is 11.1 Å². The van der Waals surface area contributed by atoms with Gasteiger partial charge in [0.1, 0.15) is 18.1 Å². The molecule has 7 heteroatoms. The van der Waals surface area contributed by atoms with Gasteiger partial charge in [-0.15, -0.1) is 0 Å². The predicted molar refractivity (Wildman–Crippen MR) is 94.1 cm³/mol. The maximum Gasteiger partial charge on any atom is 0.274 e. The molecule has 6 nitrogen and oxygen atoms in total. The van der Waals surface area contributed by atoms with Gasteiger partial charge in [-0.1, -0.05) is 6.07 Å². The minimum Gasteiger partial charge on any atom is -0.385 e. The Morgan fingerprint density at radius 2 is 2.22 bits per heavy atom. The van der Waals surface area contributed by atoms with Crippen molar-refractivity contribution in [1.82, 2.24) is 4.98 Å². The molecule has 0 fully saturated rings. The van der Waals surface area contributed by atoms with E-state index in [1.807, 2.05) is 6.92 Å². The van der Waals surface area contributed by atoms with Crippen LogP contribution in [0.1, 0.15) is 17.4 Å². The summed E-state index contributed by atoms with van der Waals surface area (Å²) >= 11 is 3.28. The van der Waals surface area contributed by atoms with Crippen LogP contribution in [0.15, 0.2) is 52.1 Å². The van der Waals surface area contributed by atoms with Gasteiger partial charge in [-0.25, -0.2) is 9.98 Å². The van der Waals surface area contributed by atoms with E-state index in [1.54, 1.807) is 42.6 Å². The van der Waals surface area contributed by atoms with E-state index in [0.717, 1.165) is 4.47 Å². The zero-order valence-electron chi connectivity index (χ0n) is 12.6. The predicted octanol–water partition coefficient (Wildman–Crippen LogP) is 3.12. The lowest BCUT2D eigenvalue weighted by atomic mass is 10.2. The molecule has 0 unspecified atom stereocenters. The number of carbonyl (C=O) groups excluding carboxylic acids is 1. The van der Waals surface area contributed by atoms with E-state index in [0.29, 0.717) is 29.5 Å². The summed E-state index contributed by atoms with van der Waals surface area (Å²) in [5.74, 6) is 0.0887. The van der Waals surface area contributed by atoms with E-state index < -0.39 is 0 Å². The number of carbonyl (C=O) groups is 1. The third-order valence-corrected chi connectivity index (χ3v) is 3.26. The highest BCUT2D eigenvalue weighted by Gasteiger charge is 2.07. The Balaban J connectivity index is 2.07. The van der Waals surface area contributed by atoms with Gasteiger partial charge in [0.15, 0.2) is 0 Å². The molecule has 1 aromatic carbocycles. The minimum atomic E-state index is -0.291. The molecule has 1 heterocycles. The molecule has 120 valence electrons. The maximum atomic E-state index is 12.1. The number of hydrogen-bond acceptors (Lipinski definition) is 4. The first-order valence-corrected chi connectivity index (χ1v) is 7.81. The number of hydrogen-bond donors (Lipinski definition) is 2. The van der Waals surface area contributed by atoms with Gasteiger partial charge in [0.25, 0.3) is 5.91 Å². The Morgan fingerprint density at radius 3 is 2.91 bits per heavy atom. The fourth-order valence-electron chi connectivity index (χ4n) is 1.76. The van der Waals surface area contributed by atoms with Crippen molar-refractivity contribution in [1.29, 1.82) is 0 Å². The smallest absolute Gasteiger partial charge is 0.274 e. The molecule has 0 aliphatic heterocycles. The van der Waals surface area contributed by atoms with Crippen molar-refractivity contribution in [3.63, 3.8) is 0 Å². The summed E-state index contributed by atoms with van der Waals surface area (Å²) in [5.41, 5.74) is 7.36. The van der Waals surface area contributed by atoms with Crippen LogP contribution in [0.4, 0.5) is 11.4 Å². The van der Waals surface area contributed by atoms with Crippen LogP contribution in [0.3, 0.4) is 0 Å². The lowest BCUT2D eigenvalue weighted by Crippen LogP contribution is -2.18. The van der Waals surface area contributed by atoms with Crippen LogP contribution >= 0.6 is 15.9 Å². The van der Waals surface area contributed by atoms with Crippen molar-refractivity contribution in [2.45, 2.75) is 6.92 Å². The minimum absolute atomic E-state index is 0.274. The van der Waals surface area contributed by atoms with Crippen molar-refractivity contribution >= 4 is 39.0 Å². The topological polar surface area (TPSA) is 89.6 Å². The number of nitrogens with zero attached hydrogens (tertiary/aromatic N) is 2. The summed E-state index contributed by atoms with van der Waals surface area (Å²) in [4.78, 5) is 20.4. The highest BCUT2D eigenvalue weighted by Crippen LogP contribution is 2.18. The van der Waals surface area contributed by atoms with Crippen LogP contribution in [0.5, 0.6) is 0 Å². The lowest BCUT2D eigenvalue weighted by Gasteiger charge is -2.06. The van der Waals surface area contributed by atoms with Gasteiger partial charge in [0.2, 0.25) is 0 Å². The first-order valence-electron chi connectivity index (χ1n) is 7.02. The number of pyridine rings is 1. The van der Waals surface area contributed by atoms with Gasteiger partial charge >= 0.3 is 0 Å². The zero-order chi connectivity index (χ0) is 16.7. The van der Waals surface area contributed by atoms with Gasteiger partial charge in [0.05, 0.1) is 5.69 Å². The van der Waals surface area contributed by atoms with Gasteiger partial charge < -0.3 is 15.8 Å². The molecule has 0 bridgehead atoms. The monoisotopic (exact) mass is 376 g/mol. The second-order valence-corrected chi connectivity index (χ2v) is 5.52. The maximum absolute atomic E-state index is 12.1. The van der Waals surface area contributed by atoms with E-state index in [9.17, 15) is 4.79 Å². The van der Waals surface area contributed by atoms with E-state index in [2.05, 4.69) is 31.2 Å². The Morgan fingerprint density at radius 1 is 1.39 bits per heavy atom. The molecule has 0 radical (unpaired) electrons. The average Bonchev–Trinajstić information content (AvgIpc) is 2.54. The second-order valence-electron chi connectivity index (χ2n) is 4.61. The molecule has 0 aliphatic rings. The number of aliphatic imine (C=N–C) groups is 1. The van der Waals surface area contributed by atoms with Gasteiger partial charge in [-0.3, -0.25) is 4.79 Å². The SMILES string of the molecule is CCOCC(N)=Nc1cccc(NC(=O)c2ccc(Br)cn2)c1. The van der Waals surface area contributed by atoms with Crippen molar-refractivity contribution in [3.05, 3.63) is 52.8 Å². The molecule has 0 spiro atoms. The Kier molecular flexibility index (Phi) is 6.25. The molecule has 1 aromatic heterocycles. The van der Waals surface area contributed by atoms with Gasteiger partial charge in [0, 0.05) is 23.0 Å². The first-order chi connectivity index (χ1) is 11.1. The summed E-state index contributed by atoms with van der Waals surface area (Å²) < 4.78 is 6.01. The number of anilines is 1. The van der Waals surface area contributed by atoms with E-state index >= 15 is 0 Å². The fourth-order valence-corrected chi connectivity index (χ4v) is 2.00. The van der Waals surface area contributed by atoms with Crippen LogP contribution in [0.2, 0.25) is 0 Å². The summed E-state index contributed by atoms with van der Waals surface area (Å²) in [7, 11) is 0. The molecule has 0 aliphatic carbocycles. The average molecular weight is 377 g/mol. The van der Waals surface area contributed by atoms with Crippen molar-refractivity contribution < 1.29 is 9.53 Å². The molecule has 23 heavy (non-hydrogen) atoms. The summed E-state index contributed by atoms with van der Waals surface area (Å²) in [5, 5.41) is 2.78. The number of benzene rings is 1. The third-order valence-electron chi connectivity index (χ3n) is 2.79. The standard InChI is InChI=1S/C16H17BrN4O2/c1-2-23-10-15(18)20-12-4-3-5-13(8-12)21-16(22)14-7-6-11(17)9-19-14/h3-9H,2,10H2,1H3,(H2,18,20)(H,21,22). The normalized spacial score (nSPS) is 11.3. The van der Waals surface area contributed by atoms with Crippen molar-refractivity contribution in [2.75, 3.05) is 18.5 Å². The molecule has 0 saturated heterocycles. The largest absolute Gasteiger partial charge is 0.385 e. The Labute approximate surface area is 142 Å². The van der Waals surface area contributed by atoms with Crippen LogP contribution in [-0.2, 0) is 4.74 Å². The Hall–Kier alpha value is -2.25. The molecule has 1 amide bonds. The molecular weight excluding hydrogens is 360 g/mol. The number of ether oxygens (including phenoxy) is 1. The number of aromatic nitrogens is 1. The van der Waals surface area contributed by atoms with Crippen molar-refractivity contribution in [2.24, 2.45) is 10.7 Å². The number of amides is 1. The zero-order valence-corrected chi connectivity index (χ0v) is 14.2. The molecule has 2 rings (SSSR count). The summed E-state index contributed by atoms with van der Waals surface area (Å²) in [6, 6.07) is 10.5. The number of halogens is 1. The fraction of sp³-hybridized carbons (Fsp3) is 0.188. The van der Waals surface area contributed by atoms with E-state index in [4.69, 9.17) is 10.5 Å². The Bertz CT molecular complexity index is 701.